The van der Waals surface area contributed by atoms with Crippen LogP contribution in [0, 0.1) is 19.8 Å². The molecule has 1 N–H and O–H groups in total. The van der Waals surface area contributed by atoms with Gasteiger partial charge in [0.25, 0.3) is 5.91 Å². The second-order valence-electron chi connectivity index (χ2n) is 8.79. The van der Waals surface area contributed by atoms with E-state index in [-0.39, 0.29) is 11.8 Å². The van der Waals surface area contributed by atoms with E-state index in [1.165, 1.54) is 0 Å². The maximum absolute atomic E-state index is 13.6. The molecule has 0 aliphatic carbocycles. The van der Waals surface area contributed by atoms with Crippen LogP contribution in [0.15, 0.2) is 24.3 Å². The predicted molar refractivity (Wildman–Crippen MR) is 120 cm³/mol. The van der Waals surface area contributed by atoms with Crippen LogP contribution in [-0.4, -0.2) is 33.7 Å². The normalized spacial score (nSPS) is 19.5. The Kier molecular flexibility index (Phi) is 6.34. The van der Waals surface area contributed by atoms with Crippen molar-refractivity contribution in [3.8, 4) is 0 Å². The number of carbonyl (C=O) groups excluding carboxylic acids is 2. The summed E-state index contributed by atoms with van der Waals surface area (Å²) in [5, 5.41) is 7.67. The van der Waals surface area contributed by atoms with E-state index in [9.17, 15) is 9.59 Å². The molecule has 162 valence electrons. The van der Waals surface area contributed by atoms with Gasteiger partial charge in [-0.1, -0.05) is 39.3 Å². The molecule has 6 nitrogen and oxygen atoms in total. The molecule has 0 radical (unpaired) electrons. The number of amides is 2. The number of hydrogen-bond donors (Lipinski definition) is 1. The minimum Gasteiger partial charge on any atom is -0.354 e. The van der Waals surface area contributed by atoms with Crippen molar-refractivity contribution in [2.24, 2.45) is 5.92 Å². The number of rotatable bonds is 7. The molecule has 3 rings (SSSR count). The van der Waals surface area contributed by atoms with Crippen LogP contribution < -0.4 is 10.2 Å². The van der Waals surface area contributed by atoms with Crippen LogP contribution in [0.2, 0.25) is 0 Å². The van der Waals surface area contributed by atoms with E-state index in [1.54, 1.807) is 9.58 Å². The van der Waals surface area contributed by atoms with E-state index >= 15 is 0 Å². The third kappa shape index (κ3) is 4.00. The Bertz CT molecular complexity index is 949. The number of aromatic nitrogens is 2. The monoisotopic (exact) mass is 410 g/mol. The van der Waals surface area contributed by atoms with Crippen LogP contribution in [-0.2, 0) is 17.8 Å². The molecule has 0 bridgehead atoms. The molecule has 30 heavy (non-hydrogen) atoms. The highest BCUT2D eigenvalue weighted by Crippen LogP contribution is 2.35. The zero-order chi connectivity index (χ0) is 22.1. The summed E-state index contributed by atoms with van der Waals surface area (Å²) < 4.78 is 1.71. The lowest BCUT2D eigenvalue weighted by Gasteiger charge is -2.43. The fourth-order valence-electron chi connectivity index (χ4n) is 3.97. The standard InChI is InChI=1S/C24H34N4O2/c1-7-16(3)11-12-25-23(30)24(6)15-27-21(14-19(8-2)26-27)22(29)28(24)20-13-17(4)9-10-18(20)5/h9-10,13-14,16H,7-8,11-12,15H2,1-6H3,(H,25,30). The van der Waals surface area contributed by atoms with Gasteiger partial charge in [0.15, 0.2) is 0 Å². The Morgan fingerprint density at radius 1 is 1.27 bits per heavy atom. The molecule has 2 atom stereocenters. The summed E-state index contributed by atoms with van der Waals surface area (Å²) in [7, 11) is 0. The van der Waals surface area contributed by atoms with Crippen molar-refractivity contribution in [1.29, 1.82) is 0 Å². The van der Waals surface area contributed by atoms with Crippen LogP contribution in [0.3, 0.4) is 0 Å². The number of fused-ring (bicyclic) bond motifs is 1. The fraction of sp³-hybridized carbons (Fsp3) is 0.542. The van der Waals surface area contributed by atoms with Gasteiger partial charge in [-0.25, -0.2) is 0 Å². The first-order chi connectivity index (χ1) is 14.2. The zero-order valence-corrected chi connectivity index (χ0v) is 19.1. The van der Waals surface area contributed by atoms with Gasteiger partial charge in [0.2, 0.25) is 5.91 Å². The van der Waals surface area contributed by atoms with Gasteiger partial charge in [-0.15, -0.1) is 0 Å². The molecule has 6 heteroatoms. The molecule has 1 aromatic carbocycles. The molecule has 2 unspecified atom stereocenters. The Hall–Kier alpha value is -2.63. The van der Waals surface area contributed by atoms with Crippen molar-refractivity contribution in [2.75, 3.05) is 11.4 Å². The van der Waals surface area contributed by atoms with Gasteiger partial charge >= 0.3 is 0 Å². The number of anilines is 1. The second-order valence-corrected chi connectivity index (χ2v) is 8.79. The molecular weight excluding hydrogens is 376 g/mol. The Labute approximate surface area is 179 Å². The van der Waals surface area contributed by atoms with Gasteiger partial charge in [-0.3, -0.25) is 19.2 Å². The van der Waals surface area contributed by atoms with Crippen molar-refractivity contribution >= 4 is 17.5 Å². The van der Waals surface area contributed by atoms with E-state index in [0.29, 0.717) is 24.7 Å². The van der Waals surface area contributed by atoms with E-state index < -0.39 is 5.54 Å². The summed E-state index contributed by atoms with van der Waals surface area (Å²) in [5.74, 6) is 0.229. The predicted octanol–water partition coefficient (Wildman–Crippen LogP) is 4.03. The van der Waals surface area contributed by atoms with Gasteiger partial charge in [0, 0.05) is 12.2 Å². The molecular formula is C24H34N4O2. The molecule has 0 saturated carbocycles. The summed E-state index contributed by atoms with van der Waals surface area (Å²) in [4.78, 5) is 28.8. The Morgan fingerprint density at radius 2 is 2.00 bits per heavy atom. The molecule has 2 heterocycles. The van der Waals surface area contributed by atoms with Crippen molar-refractivity contribution in [2.45, 2.75) is 72.9 Å². The highest BCUT2D eigenvalue weighted by molar-refractivity contribution is 6.12. The van der Waals surface area contributed by atoms with Crippen molar-refractivity contribution in [3.05, 3.63) is 46.8 Å². The maximum atomic E-state index is 13.6. The summed E-state index contributed by atoms with van der Waals surface area (Å²) in [6.07, 6.45) is 2.74. The lowest BCUT2D eigenvalue weighted by molar-refractivity contribution is -0.126. The van der Waals surface area contributed by atoms with E-state index in [4.69, 9.17) is 0 Å². The fourth-order valence-corrected chi connectivity index (χ4v) is 3.97. The highest BCUT2D eigenvalue weighted by Gasteiger charge is 2.49. The van der Waals surface area contributed by atoms with Crippen LogP contribution in [0.25, 0.3) is 0 Å². The number of aryl methyl sites for hydroxylation is 3. The third-order valence-electron chi connectivity index (χ3n) is 6.28. The number of carbonyl (C=O) groups is 2. The quantitative estimate of drug-likeness (QED) is 0.749. The van der Waals surface area contributed by atoms with Crippen molar-refractivity contribution in [3.63, 3.8) is 0 Å². The average Bonchev–Trinajstić information content (AvgIpc) is 3.13. The highest BCUT2D eigenvalue weighted by atomic mass is 16.2. The largest absolute Gasteiger partial charge is 0.354 e. The minimum absolute atomic E-state index is 0.140. The smallest absolute Gasteiger partial charge is 0.277 e. The number of hydrogen-bond acceptors (Lipinski definition) is 3. The number of benzene rings is 1. The lowest BCUT2D eigenvalue weighted by atomic mass is 9.92. The Morgan fingerprint density at radius 3 is 2.67 bits per heavy atom. The first-order valence-electron chi connectivity index (χ1n) is 11.0. The van der Waals surface area contributed by atoms with Crippen LogP contribution >= 0.6 is 0 Å². The molecule has 1 aromatic heterocycles. The van der Waals surface area contributed by atoms with E-state index in [0.717, 1.165) is 41.8 Å². The van der Waals surface area contributed by atoms with Gasteiger partial charge < -0.3 is 5.32 Å². The van der Waals surface area contributed by atoms with Crippen LogP contribution in [0.4, 0.5) is 5.69 Å². The minimum atomic E-state index is -1.06. The van der Waals surface area contributed by atoms with Crippen LogP contribution in [0.5, 0.6) is 0 Å². The summed E-state index contributed by atoms with van der Waals surface area (Å²) in [6.45, 7) is 13.1. The van der Waals surface area contributed by atoms with Gasteiger partial charge in [0.05, 0.1) is 12.2 Å². The number of nitrogens with zero attached hydrogens (tertiary/aromatic N) is 3. The SMILES string of the molecule is CCc1cc2n(n1)CC(C)(C(=O)NCCC(C)CC)N(c1cc(C)ccc1C)C2=O. The summed E-state index contributed by atoms with van der Waals surface area (Å²) in [5.41, 5.74) is 3.14. The summed E-state index contributed by atoms with van der Waals surface area (Å²) >= 11 is 0. The van der Waals surface area contributed by atoms with Crippen LogP contribution in [0.1, 0.15) is 67.8 Å². The van der Waals surface area contributed by atoms with Gasteiger partial charge in [0.1, 0.15) is 11.2 Å². The molecule has 2 aromatic rings. The first-order valence-corrected chi connectivity index (χ1v) is 11.0. The average molecular weight is 411 g/mol. The van der Waals surface area contributed by atoms with Gasteiger partial charge in [-0.2, -0.15) is 5.10 Å². The first kappa shape index (κ1) is 22.1. The lowest BCUT2D eigenvalue weighted by Crippen LogP contribution is -2.64. The van der Waals surface area contributed by atoms with Gasteiger partial charge in [-0.05, 0) is 62.8 Å². The Balaban J connectivity index is 2.03. The van der Waals surface area contributed by atoms with E-state index in [1.807, 2.05) is 52.0 Å². The molecule has 1 aliphatic heterocycles. The zero-order valence-electron chi connectivity index (χ0n) is 19.1. The number of nitrogens with one attached hydrogen (secondary N) is 1. The topological polar surface area (TPSA) is 67.2 Å². The molecule has 0 saturated heterocycles. The van der Waals surface area contributed by atoms with Crippen molar-refractivity contribution in [1.82, 2.24) is 15.1 Å². The maximum Gasteiger partial charge on any atom is 0.277 e. The second kappa shape index (κ2) is 8.62. The summed E-state index contributed by atoms with van der Waals surface area (Å²) in [6, 6.07) is 7.87. The molecule has 0 spiro atoms. The molecule has 0 fully saturated rings. The molecule has 1 aliphatic rings. The van der Waals surface area contributed by atoms with E-state index in [2.05, 4.69) is 24.3 Å². The molecule has 2 amide bonds. The van der Waals surface area contributed by atoms with Crippen molar-refractivity contribution < 1.29 is 9.59 Å². The third-order valence-corrected chi connectivity index (χ3v) is 6.28.